The van der Waals surface area contributed by atoms with E-state index in [1.807, 2.05) is 13.8 Å². The lowest BCUT2D eigenvalue weighted by Crippen LogP contribution is -2.57. The Hall–Kier alpha value is -3.22. The third-order valence-electron chi connectivity index (χ3n) is 4.92. The zero-order valence-electron chi connectivity index (χ0n) is 20.1. The summed E-state index contributed by atoms with van der Waals surface area (Å²) in [5.41, 5.74) is 16.2. The number of rotatable bonds is 16. The average molecular weight is 487 g/mol. The Bertz CT molecular complexity index is 756. The number of amides is 5. The van der Waals surface area contributed by atoms with Crippen molar-refractivity contribution in [3.8, 4) is 0 Å². The van der Waals surface area contributed by atoms with Crippen LogP contribution in [0.5, 0.6) is 0 Å². The Labute approximate surface area is 198 Å². The maximum Gasteiger partial charge on any atom is 0.326 e. The molecule has 0 fully saturated rings. The van der Waals surface area contributed by atoms with Crippen LogP contribution in [0.3, 0.4) is 0 Å². The van der Waals surface area contributed by atoms with Crippen molar-refractivity contribution in [3.63, 3.8) is 0 Å². The Morgan fingerprint density at radius 1 is 0.735 bits per heavy atom. The quantitative estimate of drug-likeness (QED) is 0.129. The highest BCUT2D eigenvalue weighted by molar-refractivity contribution is 5.94. The van der Waals surface area contributed by atoms with E-state index >= 15 is 0 Å². The number of aliphatic carboxylic acids is 1. The predicted octanol–water partition coefficient (Wildman–Crippen LogP) is -1.91. The lowest BCUT2D eigenvalue weighted by molar-refractivity contribution is -0.143. The minimum atomic E-state index is -1.32. The molecule has 0 spiro atoms. The van der Waals surface area contributed by atoms with Crippen LogP contribution in [0.15, 0.2) is 0 Å². The number of nitrogens with two attached hydrogens (primary N) is 3. The molecule has 0 saturated carbocycles. The minimum Gasteiger partial charge on any atom is -0.480 e. The minimum absolute atomic E-state index is 0.115. The van der Waals surface area contributed by atoms with Crippen LogP contribution in [0.25, 0.3) is 0 Å². The van der Waals surface area contributed by atoms with Crippen molar-refractivity contribution in [1.82, 2.24) is 16.0 Å². The van der Waals surface area contributed by atoms with Gasteiger partial charge in [0.25, 0.3) is 0 Å². The van der Waals surface area contributed by atoms with Gasteiger partial charge in [0.15, 0.2) is 0 Å². The Kier molecular flexibility index (Phi) is 13.4. The Balaban J connectivity index is 5.62. The molecule has 0 aliphatic rings. The normalized spacial score (nSPS) is 14.6. The van der Waals surface area contributed by atoms with Gasteiger partial charge in [0, 0.05) is 12.8 Å². The van der Waals surface area contributed by atoms with Gasteiger partial charge in [0.05, 0.1) is 6.04 Å². The van der Waals surface area contributed by atoms with Crippen molar-refractivity contribution in [2.45, 2.75) is 84.0 Å². The summed E-state index contributed by atoms with van der Waals surface area (Å²) in [7, 11) is 0. The number of carboxylic acids is 1. The fraction of sp³-hybridized carbons (Fsp3) is 0.714. The first-order chi connectivity index (χ1) is 15.6. The van der Waals surface area contributed by atoms with E-state index in [9.17, 15) is 33.9 Å². The van der Waals surface area contributed by atoms with Crippen molar-refractivity contribution < 1.29 is 33.9 Å². The van der Waals surface area contributed by atoms with Gasteiger partial charge in [-0.05, 0) is 31.1 Å². The van der Waals surface area contributed by atoms with E-state index in [1.54, 1.807) is 13.8 Å². The zero-order valence-corrected chi connectivity index (χ0v) is 20.1. The number of carbonyl (C=O) groups excluding carboxylic acids is 5. The van der Waals surface area contributed by atoms with Crippen LogP contribution in [-0.2, 0) is 28.8 Å². The smallest absolute Gasteiger partial charge is 0.326 e. The molecule has 34 heavy (non-hydrogen) atoms. The molecule has 0 aromatic carbocycles. The molecule has 0 rings (SSSR count). The third kappa shape index (κ3) is 12.1. The molecule has 0 aromatic heterocycles. The summed E-state index contributed by atoms with van der Waals surface area (Å²) in [5, 5.41) is 16.5. The molecule has 0 aliphatic heterocycles. The second-order valence-electron chi connectivity index (χ2n) is 8.94. The lowest BCUT2D eigenvalue weighted by atomic mass is 10.0. The summed E-state index contributed by atoms with van der Waals surface area (Å²) in [5.74, 6) is -5.34. The highest BCUT2D eigenvalue weighted by atomic mass is 16.4. The number of hydrogen-bond acceptors (Lipinski definition) is 7. The van der Waals surface area contributed by atoms with Crippen molar-refractivity contribution in [2.75, 3.05) is 0 Å². The topological polar surface area (TPSA) is 237 Å². The summed E-state index contributed by atoms with van der Waals surface area (Å²) in [4.78, 5) is 72.0. The van der Waals surface area contributed by atoms with Gasteiger partial charge in [-0.2, -0.15) is 0 Å². The van der Waals surface area contributed by atoms with Gasteiger partial charge in [0.1, 0.15) is 18.1 Å². The molecule has 0 aliphatic carbocycles. The molecule has 0 heterocycles. The van der Waals surface area contributed by atoms with Gasteiger partial charge >= 0.3 is 5.97 Å². The van der Waals surface area contributed by atoms with E-state index in [4.69, 9.17) is 17.2 Å². The molecular formula is C21H38N6O7. The molecule has 0 aromatic rings. The molecule has 0 radical (unpaired) electrons. The molecule has 4 atom stereocenters. The Morgan fingerprint density at radius 3 is 1.50 bits per heavy atom. The van der Waals surface area contributed by atoms with Crippen LogP contribution in [0.1, 0.15) is 59.8 Å². The molecular weight excluding hydrogens is 448 g/mol. The summed E-state index contributed by atoms with van der Waals surface area (Å²) in [6.45, 7) is 6.92. The van der Waals surface area contributed by atoms with E-state index in [0.29, 0.717) is 6.42 Å². The highest BCUT2D eigenvalue weighted by Crippen LogP contribution is 2.08. The van der Waals surface area contributed by atoms with E-state index in [2.05, 4.69) is 16.0 Å². The summed E-state index contributed by atoms with van der Waals surface area (Å²) >= 11 is 0. The molecule has 13 heteroatoms. The lowest BCUT2D eigenvalue weighted by Gasteiger charge is -2.26. The number of carbonyl (C=O) groups is 6. The summed E-state index contributed by atoms with van der Waals surface area (Å²) in [6, 6.07) is -4.71. The summed E-state index contributed by atoms with van der Waals surface area (Å²) < 4.78 is 0. The van der Waals surface area contributed by atoms with Gasteiger partial charge in [0.2, 0.25) is 29.5 Å². The third-order valence-corrected chi connectivity index (χ3v) is 4.92. The molecule has 10 N–H and O–H groups in total. The molecule has 13 nitrogen and oxygen atoms in total. The van der Waals surface area contributed by atoms with Crippen molar-refractivity contribution in [3.05, 3.63) is 0 Å². The number of hydrogen-bond donors (Lipinski definition) is 7. The van der Waals surface area contributed by atoms with Gasteiger partial charge in [-0.3, -0.25) is 24.0 Å². The molecule has 5 amide bonds. The van der Waals surface area contributed by atoms with Crippen molar-refractivity contribution >= 4 is 35.5 Å². The van der Waals surface area contributed by atoms with Crippen LogP contribution in [-0.4, -0.2) is 64.8 Å². The average Bonchev–Trinajstić information content (AvgIpc) is 2.70. The van der Waals surface area contributed by atoms with E-state index in [1.165, 1.54) is 0 Å². The van der Waals surface area contributed by atoms with Crippen LogP contribution in [0.4, 0.5) is 0 Å². The second-order valence-corrected chi connectivity index (χ2v) is 8.94. The number of nitrogens with one attached hydrogen (secondary N) is 3. The van der Waals surface area contributed by atoms with E-state index in [-0.39, 0.29) is 31.6 Å². The molecule has 194 valence electrons. The monoisotopic (exact) mass is 486 g/mol. The number of carboxylic acid groups (broad SMARTS) is 1. The van der Waals surface area contributed by atoms with Crippen LogP contribution < -0.4 is 33.2 Å². The van der Waals surface area contributed by atoms with Gasteiger partial charge in [-0.1, -0.05) is 27.7 Å². The van der Waals surface area contributed by atoms with E-state index < -0.39 is 65.6 Å². The maximum atomic E-state index is 12.9. The standard InChI is InChI=1S/C21H38N6O7/c1-10(2)9-12(22)18(30)25-13(5-7-15(23)28)19(31)26-14(6-8-16(24)29)20(32)27-17(11(3)4)21(33)34/h10-14,17H,5-9,22H2,1-4H3,(H2,23,28)(H2,24,29)(H,25,30)(H,26,31)(H,27,32)(H,33,34). The Morgan fingerprint density at radius 2 is 1.15 bits per heavy atom. The fourth-order valence-electron chi connectivity index (χ4n) is 3.04. The van der Waals surface area contributed by atoms with Crippen LogP contribution >= 0.6 is 0 Å². The van der Waals surface area contributed by atoms with Crippen LogP contribution in [0, 0.1) is 11.8 Å². The van der Waals surface area contributed by atoms with Crippen LogP contribution in [0.2, 0.25) is 0 Å². The van der Waals surface area contributed by atoms with Crippen molar-refractivity contribution in [2.24, 2.45) is 29.0 Å². The predicted molar refractivity (Wildman–Crippen MR) is 123 cm³/mol. The molecule has 0 saturated heterocycles. The van der Waals surface area contributed by atoms with Gasteiger partial charge < -0.3 is 38.3 Å². The SMILES string of the molecule is CC(C)CC(N)C(=O)NC(CCC(N)=O)C(=O)NC(CCC(N)=O)C(=O)NC(C(=O)O)C(C)C. The summed E-state index contributed by atoms with van der Waals surface area (Å²) in [6.07, 6.45) is -0.513. The van der Waals surface area contributed by atoms with E-state index in [0.717, 1.165) is 0 Å². The zero-order chi connectivity index (χ0) is 26.6. The molecule has 0 bridgehead atoms. The first-order valence-electron chi connectivity index (χ1n) is 11.1. The first-order valence-corrected chi connectivity index (χ1v) is 11.1. The number of primary amides is 2. The van der Waals surface area contributed by atoms with Gasteiger partial charge in [-0.15, -0.1) is 0 Å². The maximum absolute atomic E-state index is 12.9. The highest BCUT2D eigenvalue weighted by Gasteiger charge is 2.31. The largest absolute Gasteiger partial charge is 0.480 e. The second kappa shape index (κ2) is 14.8. The molecule has 4 unspecified atom stereocenters. The first kappa shape index (κ1) is 30.8. The fourth-order valence-corrected chi connectivity index (χ4v) is 3.04. The van der Waals surface area contributed by atoms with Gasteiger partial charge in [-0.25, -0.2) is 4.79 Å². The van der Waals surface area contributed by atoms with Crippen molar-refractivity contribution in [1.29, 1.82) is 0 Å².